The second-order valence-corrected chi connectivity index (χ2v) is 4.22. The lowest BCUT2D eigenvalue weighted by molar-refractivity contribution is 0.338. The Morgan fingerprint density at radius 3 is 2.89 bits per heavy atom. The lowest BCUT2D eigenvalue weighted by atomic mass is 10.2. The predicted octanol–water partition coefficient (Wildman–Crippen LogP) is 3.13. The van der Waals surface area contributed by atoms with Crippen molar-refractivity contribution in [2.45, 2.75) is 6.92 Å². The fraction of sp³-hybridized carbons (Fsp3) is 0.133. The smallest absolute Gasteiger partial charge is 0.144 e. The third-order valence-electron chi connectivity index (χ3n) is 2.90. The number of rotatable bonds is 3. The molecule has 0 unspecified atom stereocenters. The third-order valence-corrected chi connectivity index (χ3v) is 2.90. The van der Waals surface area contributed by atoms with Gasteiger partial charge in [-0.05, 0) is 37.3 Å². The van der Waals surface area contributed by atoms with Crippen LogP contribution in [0.3, 0.4) is 0 Å². The molecular weight excluding hydrogens is 240 g/mol. The molecule has 0 aliphatic heterocycles. The number of para-hydroxylation sites is 2. The summed E-state index contributed by atoms with van der Waals surface area (Å²) in [4.78, 5) is 0. The zero-order valence-corrected chi connectivity index (χ0v) is 10.6. The SMILES string of the molecule is CCOc1ccccc1-n1cc2cc(O)ccc2n1. The van der Waals surface area contributed by atoms with Gasteiger partial charge in [-0.1, -0.05) is 12.1 Å². The molecule has 1 N–H and O–H groups in total. The molecule has 19 heavy (non-hydrogen) atoms. The maximum absolute atomic E-state index is 9.49. The maximum atomic E-state index is 9.49. The first-order valence-corrected chi connectivity index (χ1v) is 6.18. The Morgan fingerprint density at radius 2 is 2.05 bits per heavy atom. The van der Waals surface area contributed by atoms with E-state index in [0.717, 1.165) is 22.3 Å². The fourth-order valence-corrected chi connectivity index (χ4v) is 2.06. The molecule has 96 valence electrons. The van der Waals surface area contributed by atoms with Crippen molar-refractivity contribution < 1.29 is 9.84 Å². The van der Waals surface area contributed by atoms with E-state index >= 15 is 0 Å². The number of aromatic hydroxyl groups is 1. The summed E-state index contributed by atoms with van der Waals surface area (Å²) in [6.45, 7) is 2.56. The van der Waals surface area contributed by atoms with Crippen LogP contribution in [0.25, 0.3) is 16.6 Å². The molecule has 0 atom stereocenters. The van der Waals surface area contributed by atoms with Gasteiger partial charge in [0.25, 0.3) is 0 Å². The van der Waals surface area contributed by atoms with Crippen LogP contribution in [0.1, 0.15) is 6.92 Å². The Bertz CT molecular complexity index is 719. The van der Waals surface area contributed by atoms with Crippen molar-refractivity contribution in [1.29, 1.82) is 0 Å². The van der Waals surface area contributed by atoms with Gasteiger partial charge in [-0.15, -0.1) is 0 Å². The summed E-state index contributed by atoms with van der Waals surface area (Å²) in [6.07, 6.45) is 1.88. The summed E-state index contributed by atoms with van der Waals surface area (Å²) < 4.78 is 7.37. The zero-order chi connectivity index (χ0) is 13.2. The highest BCUT2D eigenvalue weighted by Crippen LogP contribution is 2.25. The second kappa shape index (κ2) is 4.65. The van der Waals surface area contributed by atoms with Crippen LogP contribution in [0.4, 0.5) is 0 Å². The first kappa shape index (κ1) is 11.6. The number of phenolic OH excluding ortho intramolecular Hbond substituents is 1. The first-order valence-electron chi connectivity index (χ1n) is 6.18. The highest BCUT2D eigenvalue weighted by atomic mass is 16.5. The minimum atomic E-state index is 0.241. The van der Waals surface area contributed by atoms with E-state index in [2.05, 4.69) is 5.10 Å². The monoisotopic (exact) mass is 254 g/mol. The second-order valence-electron chi connectivity index (χ2n) is 4.22. The van der Waals surface area contributed by atoms with Crippen molar-refractivity contribution in [2.75, 3.05) is 6.61 Å². The Labute approximate surface area is 110 Å². The lowest BCUT2D eigenvalue weighted by Gasteiger charge is -2.09. The van der Waals surface area contributed by atoms with E-state index in [4.69, 9.17) is 4.74 Å². The summed E-state index contributed by atoms with van der Waals surface area (Å²) in [5, 5.41) is 14.9. The van der Waals surface area contributed by atoms with Crippen LogP contribution in [0.2, 0.25) is 0 Å². The number of hydrogen-bond acceptors (Lipinski definition) is 3. The standard InChI is InChI=1S/C15H14N2O2/c1-2-19-15-6-4-3-5-14(15)17-10-11-9-12(18)7-8-13(11)16-17/h3-10,18H,2H2,1H3. The molecule has 0 spiro atoms. The van der Waals surface area contributed by atoms with E-state index in [0.29, 0.717) is 6.61 Å². The van der Waals surface area contributed by atoms with Gasteiger partial charge in [-0.3, -0.25) is 0 Å². The first-order chi connectivity index (χ1) is 9.28. The van der Waals surface area contributed by atoms with Gasteiger partial charge >= 0.3 is 0 Å². The summed E-state index contributed by atoms with van der Waals surface area (Å²) in [5.41, 5.74) is 1.73. The number of hydrogen-bond donors (Lipinski definition) is 1. The number of aromatic nitrogens is 2. The highest BCUT2D eigenvalue weighted by molar-refractivity contribution is 5.80. The molecule has 3 aromatic rings. The molecule has 4 heteroatoms. The molecule has 0 aliphatic rings. The van der Waals surface area contributed by atoms with E-state index in [1.54, 1.807) is 22.9 Å². The summed E-state index contributed by atoms with van der Waals surface area (Å²) in [7, 11) is 0. The van der Waals surface area contributed by atoms with E-state index in [9.17, 15) is 5.11 Å². The van der Waals surface area contributed by atoms with Crippen molar-refractivity contribution in [3.8, 4) is 17.2 Å². The lowest BCUT2D eigenvalue weighted by Crippen LogP contribution is -2.00. The molecule has 3 rings (SSSR count). The molecule has 1 aromatic heterocycles. The van der Waals surface area contributed by atoms with E-state index in [-0.39, 0.29) is 5.75 Å². The van der Waals surface area contributed by atoms with Crippen molar-refractivity contribution in [3.63, 3.8) is 0 Å². The highest BCUT2D eigenvalue weighted by Gasteiger charge is 2.08. The van der Waals surface area contributed by atoms with E-state index in [1.807, 2.05) is 37.4 Å². The molecule has 0 radical (unpaired) electrons. The van der Waals surface area contributed by atoms with Crippen LogP contribution in [0.15, 0.2) is 48.7 Å². The Balaban J connectivity index is 2.13. The van der Waals surface area contributed by atoms with Gasteiger partial charge in [-0.25, -0.2) is 4.68 Å². The Hall–Kier alpha value is -2.49. The Kier molecular flexibility index (Phi) is 2.83. The van der Waals surface area contributed by atoms with Gasteiger partial charge in [-0.2, -0.15) is 5.10 Å². The van der Waals surface area contributed by atoms with Crippen molar-refractivity contribution >= 4 is 10.9 Å². The Morgan fingerprint density at radius 1 is 1.21 bits per heavy atom. The molecule has 0 saturated heterocycles. The minimum Gasteiger partial charge on any atom is -0.508 e. The third kappa shape index (κ3) is 2.12. The minimum absolute atomic E-state index is 0.241. The molecule has 0 saturated carbocycles. The summed E-state index contributed by atoms with van der Waals surface area (Å²) >= 11 is 0. The quantitative estimate of drug-likeness (QED) is 0.781. The van der Waals surface area contributed by atoms with Crippen LogP contribution >= 0.6 is 0 Å². The van der Waals surface area contributed by atoms with E-state index < -0.39 is 0 Å². The average molecular weight is 254 g/mol. The number of nitrogens with zero attached hydrogens (tertiary/aromatic N) is 2. The zero-order valence-electron chi connectivity index (χ0n) is 10.6. The normalized spacial score (nSPS) is 10.8. The van der Waals surface area contributed by atoms with Gasteiger partial charge in [0, 0.05) is 11.6 Å². The van der Waals surface area contributed by atoms with Gasteiger partial charge in [0.05, 0.1) is 12.1 Å². The van der Waals surface area contributed by atoms with Gasteiger partial charge < -0.3 is 9.84 Å². The number of phenols is 1. The van der Waals surface area contributed by atoms with Crippen LogP contribution in [-0.2, 0) is 0 Å². The van der Waals surface area contributed by atoms with Crippen molar-refractivity contribution in [2.24, 2.45) is 0 Å². The van der Waals surface area contributed by atoms with Crippen LogP contribution in [0.5, 0.6) is 11.5 Å². The number of benzene rings is 2. The van der Waals surface area contributed by atoms with Crippen LogP contribution in [0, 0.1) is 0 Å². The predicted molar refractivity (Wildman–Crippen MR) is 73.9 cm³/mol. The molecule has 4 nitrogen and oxygen atoms in total. The molecule has 0 aliphatic carbocycles. The van der Waals surface area contributed by atoms with Gasteiger partial charge in [0.1, 0.15) is 17.2 Å². The van der Waals surface area contributed by atoms with Crippen molar-refractivity contribution in [3.05, 3.63) is 48.7 Å². The molecule has 0 fully saturated rings. The molecular formula is C15H14N2O2. The summed E-state index contributed by atoms with van der Waals surface area (Å²) in [6, 6.07) is 12.9. The molecule has 0 amide bonds. The van der Waals surface area contributed by atoms with Crippen molar-refractivity contribution in [1.82, 2.24) is 9.78 Å². The topological polar surface area (TPSA) is 47.3 Å². The maximum Gasteiger partial charge on any atom is 0.144 e. The molecule has 0 bridgehead atoms. The van der Waals surface area contributed by atoms with Gasteiger partial charge in [0.15, 0.2) is 0 Å². The average Bonchev–Trinajstić information content (AvgIpc) is 2.82. The number of fused-ring (bicyclic) bond motifs is 1. The summed E-state index contributed by atoms with van der Waals surface area (Å²) in [5.74, 6) is 1.03. The molecule has 2 aromatic carbocycles. The van der Waals surface area contributed by atoms with E-state index in [1.165, 1.54) is 0 Å². The molecule has 1 heterocycles. The van der Waals surface area contributed by atoms with Crippen LogP contribution in [-0.4, -0.2) is 21.5 Å². The van der Waals surface area contributed by atoms with Gasteiger partial charge in [0.2, 0.25) is 0 Å². The number of ether oxygens (including phenoxy) is 1. The van der Waals surface area contributed by atoms with Crippen LogP contribution < -0.4 is 4.74 Å². The largest absolute Gasteiger partial charge is 0.508 e. The fourth-order valence-electron chi connectivity index (χ4n) is 2.06.